The zero-order chi connectivity index (χ0) is 18.7. The first kappa shape index (κ1) is 19.2. The van der Waals surface area contributed by atoms with Gasteiger partial charge in [0.2, 0.25) is 5.91 Å². The van der Waals surface area contributed by atoms with Crippen molar-refractivity contribution in [3.63, 3.8) is 0 Å². The van der Waals surface area contributed by atoms with Crippen LogP contribution in [0.5, 0.6) is 0 Å². The SMILES string of the molecule is CCOC(=O)c1c(C)nc(Br)n1CC(=O)N(C)c1ccc(C)cc1C. The Morgan fingerprint density at radius 1 is 1.28 bits per heavy atom. The molecule has 0 N–H and O–H groups in total. The van der Waals surface area contributed by atoms with E-state index < -0.39 is 5.97 Å². The number of hydrogen-bond acceptors (Lipinski definition) is 4. The molecule has 0 spiro atoms. The minimum absolute atomic E-state index is 0.0145. The molecule has 0 atom stereocenters. The number of ether oxygens (including phenoxy) is 1. The van der Waals surface area contributed by atoms with Crippen molar-refractivity contribution >= 4 is 33.5 Å². The van der Waals surface area contributed by atoms with Gasteiger partial charge in [0.1, 0.15) is 6.54 Å². The average molecular weight is 408 g/mol. The van der Waals surface area contributed by atoms with Gasteiger partial charge in [0.15, 0.2) is 10.4 Å². The summed E-state index contributed by atoms with van der Waals surface area (Å²) in [6.07, 6.45) is 0. The second-order valence-electron chi connectivity index (χ2n) is 5.86. The summed E-state index contributed by atoms with van der Waals surface area (Å²) in [6.45, 7) is 7.67. The molecule has 0 bridgehead atoms. The zero-order valence-corrected chi connectivity index (χ0v) is 16.7. The largest absolute Gasteiger partial charge is 0.461 e. The number of hydrogen-bond donors (Lipinski definition) is 0. The van der Waals surface area contributed by atoms with Crippen LogP contribution in [0, 0.1) is 20.8 Å². The van der Waals surface area contributed by atoms with Crippen LogP contribution in [0.15, 0.2) is 22.9 Å². The van der Waals surface area contributed by atoms with E-state index in [1.54, 1.807) is 25.8 Å². The lowest BCUT2D eigenvalue weighted by Crippen LogP contribution is -2.31. The molecule has 0 radical (unpaired) electrons. The lowest BCUT2D eigenvalue weighted by molar-refractivity contribution is -0.118. The molecule has 0 saturated heterocycles. The minimum Gasteiger partial charge on any atom is -0.461 e. The highest BCUT2D eigenvalue weighted by Crippen LogP contribution is 2.22. The summed E-state index contributed by atoms with van der Waals surface area (Å²) >= 11 is 3.32. The first-order valence-electron chi connectivity index (χ1n) is 7.99. The highest BCUT2D eigenvalue weighted by Gasteiger charge is 2.24. The second kappa shape index (κ2) is 7.82. The summed E-state index contributed by atoms with van der Waals surface area (Å²) in [5.74, 6) is -0.643. The first-order valence-corrected chi connectivity index (χ1v) is 8.79. The van der Waals surface area contributed by atoms with Crippen LogP contribution in [0.3, 0.4) is 0 Å². The number of benzene rings is 1. The molecule has 0 saturated carbocycles. The number of imidazole rings is 1. The molecule has 0 fully saturated rings. The normalized spacial score (nSPS) is 10.6. The summed E-state index contributed by atoms with van der Waals surface area (Å²) < 4.78 is 7.04. The molecule has 1 amide bonds. The van der Waals surface area contributed by atoms with Crippen LogP contribution in [0.2, 0.25) is 0 Å². The van der Waals surface area contributed by atoms with Gasteiger partial charge in [-0.2, -0.15) is 0 Å². The van der Waals surface area contributed by atoms with Gasteiger partial charge in [-0.25, -0.2) is 9.78 Å². The number of carbonyl (C=O) groups excluding carboxylic acids is 2. The fourth-order valence-corrected chi connectivity index (χ4v) is 3.27. The van der Waals surface area contributed by atoms with Crippen molar-refractivity contribution in [2.45, 2.75) is 34.2 Å². The monoisotopic (exact) mass is 407 g/mol. The van der Waals surface area contributed by atoms with E-state index in [0.29, 0.717) is 10.4 Å². The molecule has 1 aromatic carbocycles. The number of amides is 1. The average Bonchev–Trinajstić information content (AvgIpc) is 2.80. The molecular weight excluding hydrogens is 386 g/mol. The van der Waals surface area contributed by atoms with E-state index in [4.69, 9.17) is 4.74 Å². The van der Waals surface area contributed by atoms with Crippen molar-refractivity contribution in [1.82, 2.24) is 9.55 Å². The van der Waals surface area contributed by atoms with E-state index in [2.05, 4.69) is 20.9 Å². The number of likely N-dealkylation sites (N-methyl/N-ethyl adjacent to an activating group) is 1. The van der Waals surface area contributed by atoms with Crippen molar-refractivity contribution in [2.75, 3.05) is 18.6 Å². The second-order valence-corrected chi connectivity index (χ2v) is 6.57. The van der Waals surface area contributed by atoms with Crippen LogP contribution in [0.1, 0.15) is 34.2 Å². The van der Waals surface area contributed by atoms with E-state index in [1.165, 1.54) is 4.57 Å². The minimum atomic E-state index is -0.486. The standard InChI is InChI=1S/C18H22BrN3O3/c1-6-25-17(24)16-13(4)20-18(19)22(16)10-15(23)21(5)14-8-7-11(2)9-12(14)3/h7-9H,6,10H2,1-5H3. The van der Waals surface area contributed by atoms with Crippen LogP contribution < -0.4 is 4.90 Å². The summed E-state index contributed by atoms with van der Waals surface area (Å²) in [5.41, 5.74) is 3.80. The molecule has 2 aromatic rings. The number of aryl methyl sites for hydroxylation is 3. The van der Waals surface area contributed by atoms with Crippen molar-refractivity contribution in [3.8, 4) is 0 Å². The molecule has 1 aromatic heterocycles. The predicted octanol–water partition coefficient (Wildman–Crippen LogP) is 3.41. The number of anilines is 1. The first-order chi connectivity index (χ1) is 11.8. The molecule has 25 heavy (non-hydrogen) atoms. The van der Waals surface area contributed by atoms with Crippen molar-refractivity contribution in [1.29, 1.82) is 0 Å². The van der Waals surface area contributed by atoms with Crippen LogP contribution in [-0.2, 0) is 16.1 Å². The molecule has 7 heteroatoms. The maximum atomic E-state index is 12.7. The van der Waals surface area contributed by atoms with Gasteiger partial charge in [-0.05, 0) is 55.3 Å². The van der Waals surface area contributed by atoms with Crippen LogP contribution >= 0.6 is 15.9 Å². The Balaban J connectivity index is 2.30. The Kier molecular flexibility index (Phi) is 6.00. The van der Waals surface area contributed by atoms with Gasteiger partial charge in [0.25, 0.3) is 0 Å². The molecule has 134 valence electrons. The molecule has 0 aliphatic carbocycles. The van der Waals surface area contributed by atoms with Crippen LogP contribution in [0.25, 0.3) is 0 Å². The van der Waals surface area contributed by atoms with Gasteiger partial charge in [-0.3, -0.25) is 4.79 Å². The number of nitrogens with zero attached hydrogens (tertiary/aromatic N) is 3. The fraction of sp³-hybridized carbons (Fsp3) is 0.389. The number of carbonyl (C=O) groups is 2. The molecule has 0 aliphatic rings. The van der Waals surface area contributed by atoms with E-state index in [0.717, 1.165) is 16.8 Å². The highest BCUT2D eigenvalue weighted by molar-refractivity contribution is 9.10. The van der Waals surface area contributed by atoms with E-state index in [1.807, 2.05) is 32.0 Å². The van der Waals surface area contributed by atoms with Crippen molar-refractivity contribution in [2.24, 2.45) is 0 Å². The van der Waals surface area contributed by atoms with Gasteiger partial charge in [-0.15, -0.1) is 0 Å². The third kappa shape index (κ3) is 4.10. The quantitative estimate of drug-likeness (QED) is 0.712. The number of aromatic nitrogens is 2. The Labute approximate surface area is 155 Å². The van der Waals surface area contributed by atoms with E-state index in [-0.39, 0.29) is 24.8 Å². The molecular formula is C18H22BrN3O3. The Morgan fingerprint density at radius 2 is 1.96 bits per heavy atom. The maximum absolute atomic E-state index is 12.7. The van der Waals surface area contributed by atoms with Gasteiger partial charge < -0.3 is 14.2 Å². The lowest BCUT2D eigenvalue weighted by Gasteiger charge is -2.21. The van der Waals surface area contributed by atoms with Gasteiger partial charge in [0, 0.05) is 12.7 Å². The Morgan fingerprint density at radius 3 is 2.56 bits per heavy atom. The predicted molar refractivity (Wildman–Crippen MR) is 99.9 cm³/mol. The number of esters is 1. The fourth-order valence-electron chi connectivity index (χ4n) is 2.70. The third-order valence-electron chi connectivity index (χ3n) is 3.95. The van der Waals surface area contributed by atoms with E-state index >= 15 is 0 Å². The van der Waals surface area contributed by atoms with Crippen molar-refractivity contribution < 1.29 is 14.3 Å². The third-order valence-corrected chi connectivity index (χ3v) is 4.55. The molecule has 1 heterocycles. The number of rotatable bonds is 5. The molecule has 0 aliphatic heterocycles. The topological polar surface area (TPSA) is 64.4 Å². The number of halogens is 1. The van der Waals surface area contributed by atoms with Gasteiger partial charge in [0.05, 0.1) is 12.3 Å². The van der Waals surface area contributed by atoms with E-state index in [9.17, 15) is 9.59 Å². The van der Waals surface area contributed by atoms with Crippen LogP contribution in [-0.4, -0.2) is 35.1 Å². The van der Waals surface area contributed by atoms with Gasteiger partial charge >= 0.3 is 5.97 Å². The maximum Gasteiger partial charge on any atom is 0.356 e. The summed E-state index contributed by atoms with van der Waals surface area (Å²) in [4.78, 5) is 30.8. The summed E-state index contributed by atoms with van der Waals surface area (Å²) in [7, 11) is 1.72. The Hall–Kier alpha value is -2.15. The Bertz CT molecular complexity index is 814. The molecule has 2 rings (SSSR count). The summed E-state index contributed by atoms with van der Waals surface area (Å²) in [6, 6.07) is 5.91. The summed E-state index contributed by atoms with van der Waals surface area (Å²) in [5, 5.41) is 0. The van der Waals surface area contributed by atoms with Crippen LogP contribution in [0.4, 0.5) is 5.69 Å². The van der Waals surface area contributed by atoms with Gasteiger partial charge in [-0.1, -0.05) is 17.7 Å². The zero-order valence-electron chi connectivity index (χ0n) is 15.1. The highest BCUT2D eigenvalue weighted by atomic mass is 79.9. The molecule has 6 nitrogen and oxygen atoms in total. The molecule has 0 unspecified atom stereocenters. The lowest BCUT2D eigenvalue weighted by atomic mass is 10.1. The van der Waals surface area contributed by atoms with Crippen molar-refractivity contribution in [3.05, 3.63) is 45.4 Å². The smallest absolute Gasteiger partial charge is 0.356 e.